The molecule has 0 aliphatic carbocycles. The van der Waals surface area contributed by atoms with Crippen molar-refractivity contribution in [3.05, 3.63) is 52.7 Å². The molecule has 0 radical (unpaired) electrons. The number of benzene rings is 1. The van der Waals surface area contributed by atoms with Crippen LogP contribution in [0.4, 0.5) is 5.69 Å². The summed E-state index contributed by atoms with van der Waals surface area (Å²) >= 11 is 0. The summed E-state index contributed by atoms with van der Waals surface area (Å²) in [4.78, 5) is 25.2. The Kier molecular flexibility index (Phi) is 4.03. The second-order valence-corrected chi connectivity index (χ2v) is 6.42. The molecule has 0 saturated heterocycles. The number of esters is 1. The summed E-state index contributed by atoms with van der Waals surface area (Å²) < 4.78 is 5.46. The minimum absolute atomic E-state index is 0. The summed E-state index contributed by atoms with van der Waals surface area (Å²) in [5, 5.41) is 0. The number of ether oxygens (including phenoxy) is 1. The largest absolute Gasteiger partial charge is 1.00 e. The van der Waals surface area contributed by atoms with Crippen molar-refractivity contribution >= 4 is 17.9 Å². The quantitative estimate of drug-likeness (QED) is 0.226. The van der Waals surface area contributed by atoms with Crippen molar-refractivity contribution in [1.82, 2.24) is 0 Å². The summed E-state index contributed by atoms with van der Waals surface area (Å²) in [7, 11) is 0. The van der Waals surface area contributed by atoms with Gasteiger partial charge in [-0.05, 0) is 11.5 Å². The summed E-state index contributed by atoms with van der Waals surface area (Å²) in [5.74, 6) is -0.514. The minimum atomic E-state index is -0.514. The Bertz CT molecular complexity index is 763. The fourth-order valence-corrected chi connectivity index (χ4v) is 3.84. The van der Waals surface area contributed by atoms with Crippen LogP contribution in [0.2, 0.25) is 0 Å². The molecule has 112 valence electrons. The number of carbonyl (C=O) groups excluding carboxylic acids is 2. The third-order valence-corrected chi connectivity index (χ3v) is 4.83. The molecule has 0 N–H and O–H groups in total. The van der Waals surface area contributed by atoms with Gasteiger partial charge < -0.3 is 9.64 Å². The first-order valence-electron chi connectivity index (χ1n) is 7.44. The van der Waals surface area contributed by atoms with E-state index in [2.05, 4.69) is 30.9 Å². The van der Waals surface area contributed by atoms with Crippen molar-refractivity contribution in [2.45, 2.75) is 31.8 Å². The van der Waals surface area contributed by atoms with E-state index < -0.39 is 5.97 Å². The first kappa shape index (κ1) is 16.5. The van der Waals surface area contributed by atoms with E-state index in [-0.39, 0.29) is 46.6 Å². The Morgan fingerprint density at radius 1 is 1.43 bits per heavy atom. The molecule has 0 amide bonds. The number of aldehydes is 1. The average Bonchev–Trinajstić information content (AvgIpc) is 2.75. The van der Waals surface area contributed by atoms with Gasteiger partial charge in [0.2, 0.25) is 0 Å². The van der Waals surface area contributed by atoms with E-state index in [0.29, 0.717) is 6.29 Å². The molecule has 3 aliphatic heterocycles. The Hall–Kier alpha value is -1.36. The van der Waals surface area contributed by atoms with Crippen molar-refractivity contribution in [2.75, 3.05) is 11.4 Å². The molecule has 1 unspecified atom stereocenters. The molecule has 4 nitrogen and oxygen atoms in total. The van der Waals surface area contributed by atoms with Gasteiger partial charge in [-0.15, -0.1) is 11.6 Å². The van der Waals surface area contributed by atoms with E-state index in [0.717, 1.165) is 24.2 Å². The smallest absolute Gasteiger partial charge is 0.454 e. The molecule has 0 bridgehead atoms. The second-order valence-electron chi connectivity index (χ2n) is 6.42. The summed E-state index contributed by atoms with van der Waals surface area (Å²) in [6.45, 7) is 5.13. The maximum absolute atomic E-state index is 11.8. The van der Waals surface area contributed by atoms with Crippen molar-refractivity contribution in [3.8, 4) is 0 Å². The van der Waals surface area contributed by atoms with Gasteiger partial charge in [-0.25, -0.2) is 4.79 Å². The van der Waals surface area contributed by atoms with Crippen LogP contribution in [0.5, 0.6) is 0 Å². The molecule has 4 rings (SSSR count). The molecule has 0 aromatic heterocycles. The van der Waals surface area contributed by atoms with Gasteiger partial charge >= 0.3 is 35.5 Å². The summed E-state index contributed by atoms with van der Waals surface area (Å²) in [6, 6.07) is 9.17. The Labute approximate surface area is 157 Å². The minimum Gasteiger partial charge on any atom is -0.454 e. The summed E-state index contributed by atoms with van der Waals surface area (Å²) in [5.41, 5.74) is 4.38. The van der Waals surface area contributed by atoms with E-state index in [4.69, 9.17) is 4.74 Å². The van der Waals surface area contributed by atoms with Crippen LogP contribution in [-0.2, 0) is 19.7 Å². The first-order chi connectivity index (χ1) is 10.5. The third kappa shape index (κ3) is 2.24. The number of allylic oxidation sites excluding steroid dienone is 1. The van der Waals surface area contributed by atoms with E-state index >= 15 is 0 Å². The zero-order chi connectivity index (χ0) is 15.5. The molecule has 1 atom stereocenters. The number of rotatable bonds is 1. The van der Waals surface area contributed by atoms with Gasteiger partial charge in [-0.1, -0.05) is 19.5 Å². The van der Waals surface area contributed by atoms with Gasteiger partial charge in [-0.2, -0.15) is 18.2 Å². The maximum Gasteiger partial charge on any atom is 1.00 e. The van der Waals surface area contributed by atoms with Crippen LogP contribution in [0.3, 0.4) is 0 Å². The maximum atomic E-state index is 11.8. The number of carbonyl (C=O) groups is 2. The number of hydrogen-bond acceptors (Lipinski definition) is 4. The fourth-order valence-electron chi connectivity index (χ4n) is 3.84. The zero-order valence-corrected chi connectivity index (χ0v) is 15.6. The number of nitrogens with zero attached hydrogens (tertiary/aromatic N) is 1. The van der Waals surface area contributed by atoms with Crippen LogP contribution >= 0.6 is 0 Å². The van der Waals surface area contributed by atoms with Crippen molar-refractivity contribution in [1.29, 1.82) is 0 Å². The first-order valence-corrected chi connectivity index (χ1v) is 7.44. The molecule has 0 saturated carbocycles. The van der Waals surface area contributed by atoms with Crippen molar-refractivity contribution < 1.29 is 43.9 Å². The van der Waals surface area contributed by atoms with E-state index in [9.17, 15) is 9.59 Å². The SMILES string of the molecule is CC1(C)C2=C3C=C(C=O)C(=O)OC3CCN2c2cc[c-]cc21.[Na+]. The zero-order valence-electron chi connectivity index (χ0n) is 13.6. The normalized spacial score (nSPS) is 23.9. The van der Waals surface area contributed by atoms with Crippen molar-refractivity contribution in [3.63, 3.8) is 0 Å². The van der Waals surface area contributed by atoms with Gasteiger partial charge in [0.15, 0.2) is 6.29 Å². The predicted octanol–water partition coefficient (Wildman–Crippen LogP) is -0.703. The number of hydrogen-bond donors (Lipinski definition) is 0. The van der Waals surface area contributed by atoms with Gasteiger partial charge in [0.25, 0.3) is 0 Å². The van der Waals surface area contributed by atoms with Crippen LogP contribution in [0.15, 0.2) is 41.1 Å². The van der Waals surface area contributed by atoms with Gasteiger partial charge in [-0.3, -0.25) is 4.79 Å². The molecule has 1 aromatic carbocycles. The third-order valence-electron chi connectivity index (χ3n) is 4.83. The van der Waals surface area contributed by atoms with E-state index in [1.807, 2.05) is 12.1 Å². The summed E-state index contributed by atoms with van der Waals surface area (Å²) in [6.07, 6.45) is 2.78. The number of anilines is 1. The fraction of sp³-hybridized carbons (Fsp3) is 0.333. The molecule has 5 heteroatoms. The average molecular weight is 317 g/mol. The number of fused-ring (bicyclic) bond motifs is 4. The van der Waals surface area contributed by atoms with Gasteiger partial charge in [0.1, 0.15) is 6.10 Å². The van der Waals surface area contributed by atoms with Crippen molar-refractivity contribution in [2.24, 2.45) is 0 Å². The van der Waals surface area contributed by atoms with Gasteiger partial charge in [0, 0.05) is 24.2 Å². The Morgan fingerprint density at radius 3 is 2.96 bits per heavy atom. The topological polar surface area (TPSA) is 46.6 Å². The Balaban J connectivity index is 0.00000156. The van der Waals surface area contributed by atoms with E-state index in [1.165, 1.54) is 11.3 Å². The van der Waals surface area contributed by atoms with E-state index in [1.54, 1.807) is 6.08 Å². The molecule has 23 heavy (non-hydrogen) atoms. The van der Waals surface area contributed by atoms with Gasteiger partial charge in [0.05, 0.1) is 5.57 Å². The predicted molar refractivity (Wildman–Crippen MR) is 81.3 cm³/mol. The molecule has 3 heterocycles. The molecule has 3 aliphatic rings. The molecule has 0 spiro atoms. The molecular weight excluding hydrogens is 301 g/mol. The molecule has 1 aromatic rings. The standard InChI is InChI=1S/C18H16NO3.Na/c1-18(2)13-5-3-4-6-14(13)19-8-7-15-12(16(18)19)9-11(10-20)17(21)22-15;/h4-6,9-10,15H,7-8H2,1-2H3;/q-1;+1. The van der Waals surface area contributed by atoms with Crippen LogP contribution in [-0.4, -0.2) is 24.9 Å². The Morgan fingerprint density at radius 2 is 2.22 bits per heavy atom. The van der Waals surface area contributed by atoms with Crippen LogP contribution in [0.1, 0.15) is 25.8 Å². The second kappa shape index (κ2) is 5.62. The van der Waals surface area contributed by atoms with Crippen LogP contribution < -0.4 is 34.5 Å². The monoisotopic (exact) mass is 317 g/mol. The van der Waals surface area contributed by atoms with Crippen LogP contribution in [0.25, 0.3) is 0 Å². The van der Waals surface area contributed by atoms with Crippen LogP contribution in [0, 0.1) is 6.07 Å². The molecular formula is C18H16NNaO3. The molecule has 0 fully saturated rings.